The zero-order valence-electron chi connectivity index (χ0n) is 8.08. The van der Waals surface area contributed by atoms with Gasteiger partial charge in [0.25, 0.3) is 0 Å². The van der Waals surface area contributed by atoms with Crippen molar-refractivity contribution in [2.75, 3.05) is 7.11 Å². The zero-order chi connectivity index (χ0) is 11.1. The van der Waals surface area contributed by atoms with Gasteiger partial charge in [0.2, 0.25) is 0 Å². The van der Waals surface area contributed by atoms with Crippen molar-refractivity contribution < 1.29 is 14.4 Å². The van der Waals surface area contributed by atoms with E-state index in [1.807, 2.05) is 0 Å². The second kappa shape index (κ2) is 5.51. The van der Waals surface area contributed by atoms with Gasteiger partial charge in [0.05, 0.1) is 13.5 Å². The SMILES string of the molecule is COc1ccc(CC(=O)ON=[N+]=[N-])cc1. The van der Waals surface area contributed by atoms with E-state index in [0.717, 1.165) is 5.56 Å². The Bertz CT molecular complexity index is 382. The molecule has 78 valence electrons. The van der Waals surface area contributed by atoms with Crippen molar-refractivity contribution in [3.63, 3.8) is 0 Å². The number of hydrogen-bond acceptors (Lipinski definition) is 4. The third-order valence-electron chi connectivity index (χ3n) is 1.69. The van der Waals surface area contributed by atoms with Crippen molar-refractivity contribution in [2.24, 2.45) is 5.28 Å². The Labute approximate surface area is 86.0 Å². The molecule has 0 spiro atoms. The minimum atomic E-state index is -0.599. The molecule has 0 atom stereocenters. The quantitative estimate of drug-likeness (QED) is 0.327. The summed E-state index contributed by atoms with van der Waals surface area (Å²) in [4.78, 5) is 17.5. The summed E-state index contributed by atoms with van der Waals surface area (Å²) in [7, 11) is 1.56. The predicted octanol–water partition coefficient (Wildman–Crippen LogP) is 2.01. The Morgan fingerprint density at radius 3 is 2.67 bits per heavy atom. The van der Waals surface area contributed by atoms with E-state index in [9.17, 15) is 4.79 Å². The van der Waals surface area contributed by atoms with Gasteiger partial charge in [0, 0.05) is 4.91 Å². The van der Waals surface area contributed by atoms with Gasteiger partial charge < -0.3 is 9.57 Å². The summed E-state index contributed by atoms with van der Waals surface area (Å²) in [6.45, 7) is 0. The van der Waals surface area contributed by atoms with Crippen LogP contribution >= 0.6 is 0 Å². The lowest BCUT2D eigenvalue weighted by Gasteiger charge is -2.01. The molecule has 0 amide bonds. The summed E-state index contributed by atoms with van der Waals surface area (Å²) >= 11 is 0. The Kier molecular flexibility index (Phi) is 4.00. The molecule has 0 radical (unpaired) electrons. The lowest BCUT2D eigenvalue weighted by molar-refractivity contribution is -0.143. The van der Waals surface area contributed by atoms with Crippen LogP contribution in [0, 0.1) is 0 Å². The van der Waals surface area contributed by atoms with Crippen molar-refractivity contribution in [3.05, 3.63) is 40.3 Å². The summed E-state index contributed by atoms with van der Waals surface area (Å²) < 4.78 is 4.96. The zero-order valence-corrected chi connectivity index (χ0v) is 8.08. The van der Waals surface area contributed by atoms with Gasteiger partial charge >= 0.3 is 5.97 Å². The lowest BCUT2D eigenvalue weighted by atomic mass is 10.1. The molecule has 0 saturated carbocycles. The van der Waals surface area contributed by atoms with Crippen molar-refractivity contribution in [2.45, 2.75) is 6.42 Å². The van der Waals surface area contributed by atoms with E-state index in [2.05, 4.69) is 15.0 Å². The highest BCUT2D eigenvalue weighted by molar-refractivity contribution is 5.72. The molecule has 15 heavy (non-hydrogen) atoms. The summed E-state index contributed by atoms with van der Waals surface area (Å²) in [6, 6.07) is 6.93. The standard InChI is InChI=1S/C9H9N3O3/c1-14-8-4-2-7(3-5-8)6-9(13)15-12-11-10/h2-5H,6H2,1H3. The van der Waals surface area contributed by atoms with Gasteiger partial charge in [-0.05, 0) is 23.2 Å². The maximum Gasteiger partial charge on any atom is 0.322 e. The molecule has 0 aromatic heterocycles. The molecule has 0 bridgehead atoms. The number of hydrogen-bond donors (Lipinski definition) is 0. The first-order valence-corrected chi connectivity index (χ1v) is 4.13. The maximum absolute atomic E-state index is 11.0. The van der Waals surface area contributed by atoms with Crippen LogP contribution in [0.2, 0.25) is 0 Å². The van der Waals surface area contributed by atoms with Crippen LogP contribution in [0.5, 0.6) is 5.75 Å². The maximum atomic E-state index is 11.0. The minimum Gasteiger partial charge on any atom is -0.497 e. The number of carbonyl (C=O) groups excluding carboxylic acids is 1. The Hall–Kier alpha value is -2.20. The molecule has 0 heterocycles. The molecular weight excluding hydrogens is 198 g/mol. The minimum absolute atomic E-state index is 0.0585. The lowest BCUT2D eigenvalue weighted by Crippen LogP contribution is -2.03. The van der Waals surface area contributed by atoms with Crippen molar-refractivity contribution in [1.29, 1.82) is 0 Å². The van der Waals surface area contributed by atoms with Gasteiger partial charge in [-0.1, -0.05) is 12.1 Å². The van der Waals surface area contributed by atoms with Crippen molar-refractivity contribution >= 4 is 5.97 Å². The predicted molar refractivity (Wildman–Crippen MR) is 51.9 cm³/mol. The van der Waals surface area contributed by atoms with Gasteiger partial charge in [-0.3, -0.25) is 4.79 Å². The Balaban J connectivity index is 2.56. The number of carbonyl (C=O) groups is 1. The second-order valence-electron chi connectivity index (χ2n) is 2.66. The molecular formula is C9H9N3O3. The molecule has 0 saturated heterocycles. The Morgan fingerprint density at radius 1 is 1.47 bits per heavy atom. The van der Waals surface area contributed by atoms with E-state index < -0.39 is 5.97 Å². The van der Waals surface area contributed by atoms with E-state index in [1.165, 1.54) is 0 Å². The molecule has 0 aliphatic rings. The molecule has 6 heteroatoms. The summed E-state index contributed by atoms with van der Waals surface area (Å²) in [6.07, 6.45) is 0.0585. The molecule has 0 unspecified atom stereocenters. The molecule has 6 nitrogen and oxygen atoms in total. The van der Waals surface area contributed by atoms with Crippen LogP contribution in [0.3, 0.4) is 0 Å². The van der Waals surface area contributed by atoms with E-state index >= 15 is 0 Å². The summed E-state index contributed by atoms with van der Waals surface area (Å²) in [5.74, 6) is 0.111. The van der Waals surface area contributed by atoms with Crippen molar-refractivity contribution in [1.82, 2.24) is 0 Å². The number of ether oxygens (including phenoxy) is 1. The molecule has 1 aromatic rings. The highest BCUT2D eigenvalue weighted by atomic mass is 16.7. The molecule has 1 rings (SSSR count). The number of rotatable bonds is 4. The van der Waals surface area contributed by atoms with Crippen LogP contribution in [-0.2, 0) is 16.1 Å². The van der Waals surface area contributed by atoms with Gasteiger partial charge in [-0.2, -0.15) is 0 Å². The highest BCUT2D eigenvalue weighted by Crippen LogP contribution is 2.11. The van der Waals surface area contributed by atoms with E-state index in [-0.39, 0.29) is 6.42 Å². The normalized spacial score (nSPS) is 8.87. The van der Waals surface area contributed by atoms with Crippen LogP contribution < -0.4 is 4.74 Å². The Morgan fingerprint density at radius 2 is 2.13 bits per heavy atom. The van der Waals surface area contributed by atoms with Crippen LogP contribution in [-0.4, -0.2) is 13.1 Å². The van der Waals surface area contributed by atoms with E-state index in [4.69, 9.17) is 10.3 Å². The van der Waals surface area contributed by atoms with Crippen LogP contribution in [0.15, 0.2) is 29.5 Å². The first kappa shape index (κ1) is 10.9. The fraction of sp³-hybridized carbons (Fsp3) is 0.222. The molecule has 0 fully saturated rings. The van der Waals surface area contributed by atoms with Crippen LogP contribution in [0.25, 0.3) is 10.4 Å². The second-order valence-corrected chi connectivity index (χ2v) is 2.66. The topological polar surface area (TPSA) is 84.3 Å². The average Bonchev–Trinajstić information content (AvgIpc) is 2.27. The summed E-state index contributed by atoms with van der Waals surface area (Å²) in [5.41, 5.74) is 8.67. The van der Waals surface area contributed by atoms with Gasteiger partial charge in [-0.25, -0.2) is 0 Å². The van der Waals surface area contributed by atoms with Gasteiger partial charge in [-0.15, -0.1) is 0 Å². The average molecular weight is 207 g/mol. The van der Waals surface area contributed by atoms with Crippen LogP contribution in [0.1, 0.15) is 5.56 Å². The van der Waals surface area contributed by atoms with Crippen LogP contribution in [0.4, 0.5) is 0 Å². The smallest absolute Gasteiger partial charge is 0.322 e. The van der Waals surface area contributed by atoms with Crippen molar-refractivity contribution in [3.8, 4) is 5.75 Å². The number of nitrogens with zero attached hydrogens (tertiary/aromatic N) is 3. The number of azide groups is 1. The number of methoxy groups -OCH3 is 1. The summed E-state index contributed by atoms with van der Waals surface area (Å²) in [5, 5.41) is 2.71. The molecule has 1 aromatic carbocycles. The number of benzene rings is 1. The van der Waals surface area contributed by atoms with Gasteiger partial charge in [0.15, 0.2) is 0 Å². The first-order valence-electron chi connectivity index (χ1n) is 4.13. The molecule has 0 aliphatic carbocycles. The fourth-order valence-corrected chi connectivity index (χ4v) is 1.01. The highest BCUT2D eigenvalue weighted by Gasteiger charge is 2.03. The molecule has 0 aliphatic heterocycles. The monoisotopic (exact) mass is 207 g/mol. The van der Waals surface area contributed by atoms with E-state index in [0.29, 0.717) is 5.75 Å². The third-order valence-corrected chi connectivity index (χ3v) is 1.69. The van der Waals surface area contributed by atoms with E-state index in [1.54, 1.807) is 31.4 Å². The first-order chi connectivity index (χ1) is 7.26. The largest absolute Gasteiger partial charge is 0.497 e. The fourth-order valence-electron chi connectivity index (χ4n) is 1.01. The van der Waals surface area contributed by atoms with Gasteiger partial charge in [0.1, 0.15) is 11.0 Å². The third kappa shape index (κ3) is 3.58. The molecule has 0 N–H and O–H groups in total.